The Bertz CT molecular complexity index is 1250. The second-order valence-corrected chi connectivity index (χ2v) is 8.60. The van der Waals surface area contributed by atoms with Crippen molar-refractivity contribution in [2.45, 2.75) is 39.3 Å². The molecule has 11 heteroatoms. The minimum atomic E-state index is -1.28. The van der Waals surface area contributed by atoms with Gasteiger partial charge in [-0.25, -0.2) is 9.78 Å². The van der Waals surface area contributed by atoms with E-state index < -0.39 is 23.9 Å². The maximum Gasteiger partial charge on any atom is 0.326 e. The summed E-state index contributed by atoms with van der Waals surface area (Å²) in [7, 11) is 0. The highest BCUT2D eigenvalue weighted by Gasteiger charge is 2.22. The number of aryl methyl sites for hydroxylation is 1. The number of hydrogen-bond donors (Lipinski definition) is 4. The van der Waals surface area contributed by atoms with Gasteiger partial charge in [0.2, 0.25) is 0 Å². The molecule has 1 aromatic carbocycles. The van der Waals surface area contributed by atoms with E-state index in [1.165, 1.54) is 11.3 Å². The Labute approximate surface area is 192 Å². The third-order valence-corrected chi connectivity index (χ3v) is 6.11. The molecule has 0 aliphatic rings. The molecule has 0 spiro atoms. The number of carboxylic acids is 2. The first kappa shape index (κ1) is 23.9. The summed E-state index contributed by atoms with van der Waals surface area (Å²) in [5.41, 5.74) is 1.24. The lowest BCUT2D eigenvalue weighted by molar-refractivity contribution is -0.140. The fraction of sp³-hybridized carbons (Fsp3) is 0.318. The van der Waals surface area contributed by atoms with E-state index in [-0.39, 0.29) is 18.4 Å². The van der Waals surface area contributed by atoms with Gasteiger partial charge in [0.05, 0.1) is 22.3 Å². The van der Waals surface area contributed by atoms with Crippen LogP contribution in [0.5, 0.6) is 0 Å². The number of anilines is 1. The van der Waals surface area contributed by atoms with E-state index in [2.05, 4.69) is 15.3 Å². The van der Waals surface area contributed by atoms with E-state index in [4.69, 9.17) is 5.11 Å². The molecule has 0 saturated heterocycles. The quantitative estimate of drug-likeness (QED) is 0.351. The Hall–Kier alpha value is -3.73. The molecule has 10 nitrogen and oxygen atoms in total. The number of nitrogens with zero attached hydrogens (tertiary/aromatic N) is 2. The monoisotopic (exact) mass is 472 g/mol. The lowest BCUT2D eigenvalue weighted by Gasteiger charge is -2.22. The van der Waals surface area contributed by atoms with Crippen LogP contribution in [0.15, 0.2) is 35.1 Å². The molecule has 0 aliphatic carbocycles. The molecule has 0 bridgehead atoms. The van der Waals surface area contributed by atoms with Gasteiger partial charge in [0.1, 0.15) is 11.9 Å². The molecular weight excluding hydrogens is 448 g/mol. The third kappa shape index (κ3) is 5.95. The lowest BCUT2D eigenvalue weighted by Crippen LogP contribution is -2.40. The van der Waals surface area contributed by atoms with Gasteiger partial charge in [-0.05, 0) is 50.6 Å². The van der Waals surface area contributed by atoms with Crippen molar-refractivity contribution >= 4 is 45.8 Å². The fourth-order valence-corrected chi connectivity index (χ4v) is 4.28. The number of carboxylic acid groups (broad SMARTS) is 2. The number of thiophene rings is 1. The number of carbonyl (C=O) groups is 3. The van der Waals surface area contributed by atoms with Crippen LogP contribution in [-0.4, -0.2) is 50.6 Å². The van der Waals surface area contributed by atoms with E-state index >= 15 is 0 Å². The van der Waals surface area contributed by atoms with Gasteiger partial charge in [0.15, 0.2) is 0 Å². The number of aromatic amines is 1. The number of rotatable bonds is 10. The van der Waals surface area contributed by atoms with Gasteiger partial charge in [-0.15, -0.1) is 11.3 Å². The second-order valence-electron chi connectivity index (χ2n) is 7.43. The molecule has 4 N–H and O–H groups in total. The molecule has 2 heterocycles. The number of aromatic nitrogens is 2. The summed E-state index contributed by atoms with van der Waals surface area (Å²) < 4.78 is 0. The molecular formula is C22H24N4O6S. The molecule has 0 fully saturated rings. The molecule has 33 heavy (non-hydrogen) atoms. The van der Waals surface area contributed by atoms with E-state index in [0.29, 0.717) is 34.7 Å². The van der Waals surface area contributed by atoms with Crippen molar-refractivity contribution in [1.82, 2.24) is 15.3 Å². The Morgan fingerprint density at radius 3 is 2.64 bits per heavy atom. The fourth-order valence-electron chi connectivity index (χ4n) is 3.35. The summed E-state index contributed by atoms with van der Waals surface area (Å²) in [6.07, 6.45) is -0.560. The van der Waals surface area contributed by atoms with Crippen molar-refractivity contribution in [3.05, 3.63) is 56.3 Å². The number of carbonyl (C=O) groups excluding carboxylic acids is 1. The van der Waals surface area contributed by atoms with Crippen LogP contribution in [0.4, 0.5) is 5.69 Å². The highest BCUT2D eigenvalue weighted by atomic mass is 32.1. The summed E-state index contributed by atoms with van der Waals surface area (Å²) in [6, 6.07) is 7.58. The Balaban J connectivity index is 1.73. The number of nitrogens with one attached hydrogen (secondary N) is 2. The van der Waals surface area contributed by atoms with Gasteiger partial charge in [0.25, 0.3) is 11.5 Å². The molecule has 0 saturated carbocycles. The highest BCUT2D eigenvalue weighted by molar-refractivity contribution is 7.14. The number of fused-ring (bicyclic) bond motifs is 1. The van der Waals surface area contributed by atoms with Crippen molar-refractivity contribution in [3.8, 4) is 0 Å². The normalized spacial score (nSPS) is 11.8. The summed E-state index contributed by atoms with van der Waals surface area (Å²) in [6.45, 7) is 4.84. The zero-order chi connectivity index (χ0) is 24.1. The number of hydrogen-bond acceptors (Lipinski definition) is 7. The van der Waals surface area contributed by atoms with Crippen LogP contribution in [0, 0.1) is 6.92 Å². The molecule has 1 amide bonds. The van der Waals surface area contributed by atoms with Crippen molar-refractivity contribution in [1.29, 1.82) is 0 Å². The minimum absolute atomic E-state index is 0.201. The molecule has 3 aromatic rings. The number of benzene rings is 1. The van der Waals surface area contributed by atoms with Gasteiger partial charge in [-0.2, -0.15) is 0 Å². The Morgan fingerprint density at radius 2 is 1.97 bits per heavy atom. The van der Waals surface area contributed by atoms with Crippen LogP contribution in [-0.2, 0) is 16.1 Å². The van der Waals surface area contributed by atoms with Crippen LogP contribution in [0.1, 0.15) is 40.1 Å². The van der Waals surface area contributed by atoms with Gasteiger partial charge in [-0.1, -0.05) is 0 Å². The summed E-state index contributed by atoms with van der Waals surface area (Å²) >= 11 is 1.22. The molecule has 174 valence electrons. The van der Waals surface area contributed by atoms with Crippen LogP contribution in [0.25, 0.3) is 10.9 Å². The predicted octanol–water partition coefficient (Wildman–Crippen LogP) is 2.37. The third-order valence-electron chi connectivity index (χ3n) is 5.04. The maximum absolute atomic E-state index is 12.5. The first-order valence-electron chi connectivity index (χ1n) is 10.3. The van der Waals surface area contributed by atoms with E-state index in [1.54, 1.807) is 31.2 Å². The maximum atomic E-state index is 12.5. The second kappa shape index (κ2) is 10.3. The molecule has 0 unspecified atom stereocenters. The van der Waals surface area contributed by atoms with E-state index in [0.717, 1.165) is 10.6 Å². The zero-order valence-corrected chi connectivity index (χ0v) is 18.9. The van der Waals surface area contributed by atoms with Crippen molar-refractivity contribution in [3.63, 3.8) is 0 Å². The molecule has 0 aliphatic heterocycles. The predicted molar refractivity (Wildman–Crippen MR) is 124 cm³/mol. The van der Waals surface area contributed by atoms with Crippen LogP contribution in [0.3, 0.4) is 0 Å². The van der Waals surface area contributed by atoms with Gasteiger partial charge in [0, 0.05) is 23.5 Å². The van der Waals surface area contributed by atoms with Crippen LogP contribution < -0.4 is 15.8 Å². The van der Waals surface area contributed by atoms with Crippen molar-refractivity contribution in [2.24, 2.45) is 0 Å². The van der Waals surface area contributed by atoms with Gasteiger partial charge >= 0.3 is 11.9 Å². The Kier molecular flexibility index (Phi) is 7.44. The standard InChI is InChI=1S/C22H24N4O6S/c1-3-26(13-4-6-16-15(10-13)20(29)24-12(2)23-16)11-14-5-8-18(33-14)21(30)25-17(22(31)32)7-9-19(27)28/h4-6,8,10,17H,3,7,9,11H2,1-2H3,(H,25,30)(H,27,28)(H,31,32)(H,23,24,29)/t17-/m0/s1. The average molecular weight is 473 g/mol. The van der Waals surface area contributed by atoms with Crippen LogP contribution in [0.2, 0.25) is 0 Å². The zero-order valence-electron chi connectivity index (χ0n) is 18.1. The largest absolute Gasteiger partial charge is 0.481 e. The first-order chi connectivity index (χ1) is 15.7. The number of H-pyrrole nitrogens is 1. The smallest absolute Gasteiger partial charge is 0.326 e. The minimum Gasteiger partial charge on any atom is -0.481 e. The molecule has 1 atom stereocenters. The highest BCUT2D eigenvalue weighted by Crippen LogP contribution is 2.24. The van der Waals surface area contributed by atoms with Gasteiger partial charge in [-0.3, -0.25) is 14.4 Å². The Morgan fingerprint density at radius 1 is 1.21 bits per heavy atom. The van der Waals surface area contributed by atoms with E-state index in [1.807, 2.05) is 17.9 Å². The van der Waals surface area contributed by atoms with Crippen LogP contribution >= 0.6 is 11.3 Å². The first-order valence-corrected chi connectivity index (χ1v) is 11.1. The summed E-state index contributed by atoms with van der Waals surface area (Å²) in [5.74, 6) is -2.43. The van der Waals surface area contributed by atoms with Crippen molar-refractivity contribution in [2.75, 3.05) is 11.4 Å². The summed E-state index contributed by atoms with van der Waals surface area (Å²) in [5, 5.41) is 20.9. The summed E-state index contributed by atoms with van der Waals surface area (Å²) in [4.78, 5) is 57.1. The SMILES string of the molecule is CCN(Cc1ccc(C(=O)N[C@@H](CCC(=O)O)C(=O)O)s1)c1ccc2nc(C)[nH]c(=O)c2c1. The molecule has 2 aromatic heterocycles. The van der Waals surface area contributed by atoms with E-state index in [9.17, 15) is 24.3 Å². The number of amides is 1. The van der Waals surface area contributed by atoms with Gasteiger partial charge < -0.3 is 25.4 Å². The average Bonchev–Trinajstić information content (AvgIpc) is 3.23. The number of aliphatic carboxylic acids is 2. The van der Waals surface area contributed by atoms with Crippen molar-refractivity contribution < 1.29 is 24.6 Å². The molecule has 3 rings (SSSR count). The molecule has 0 radical (unpaired) electrons. The lowest BCUT2D eigenvalue weighted by atomic mass is 10.1. The topological polar surface area (TPSA) is 153 Å².